The Morgan fingerprint density at radius 3 is 2.36 bits per heavy atom. The zero-order chi connectivity index (χ0) is 21.9. The summed E-state index contributed by atoms with van der Waals surface area (Å²) < 4.78 is 29.7. The molecule has 0 N–H and O–H groups in total. The molecule has 1 atom stereocenters. The lowest BCUT2D eigenvalue weighted by atomic mass is 10.0. The molecule has 10 heteroatoms. The highest BCUT2D eigenvalue weighted by Crippen LogP contribution is 2.30. The van der Waals surface area contributed by atoms with Crippen molar-refractivity contribution in [2.24, 2.45) is 0 Å². The normalized spacial score (nSPS) is 15.3. The summed E-state index contributed by atoms with van der Waals surface area (Å²) in [6.07, 6.45) is 0. The fourth-order valence-electron chi connectivity index (χ4n) is 4.17. The van der Waals surface area contributed by atoms with Crippen LogP contribution >= 0.6 is 23.7 Å². The molecule has 1 aliphatic rings. The first kappa shape index (κ1) is 23.3. The Hall–Kier alpha value is -2.88. The topological polar surface area (TPSA) is 50.1 Å². The van der Waals surface area contributed by atoms with E-state index in [1.54, 1.807) is 29.5 Å². The Morgan fingerprint density at radius 1 is 0.909 bits per heavy atom. The van der Waals surface area contributed by atoms with Crippen LogP contribution in [0.3, 0.4) is 0 Å². The van der Waals surface area contributed by atoms with E-state index in [4.69, 9.17) is 0 Å². The van der Waals surface area contributed by atoms with Crippen molar-refractivity contribution in [3.63, 3.8) is 0 Å². The lowest BCUT2D eigenvalue weighted by molar-refractivity contribution is 0.201. The number of piperazine rings is 1. The molecular weight excluding hydrogens is 466 g/mol. The van der Waals surface area contributed by atoms with Gasteiger partial charge in [0.25, 0.3) is 0 Å². The molecule has 1 aliphatic heterocycles. The third-order valence-corrected chi connectivity index (χ3v) is 6.61. The first-order chi connectivity index (χ1) is 15.7. The predicted octanol–water partition coefficient (Wildman–Crippen LogP) is 4.39. The maximum Gasteiger partial charge on any atom is 0.173 e. The van der Waals surface area contributed by atoms with Crippen molar-refractivity contribution in [3.8, 4) is 0 Å². The second-order valence-corrected chi connectivity index (χ2v) is 8.73. The summed E-state index contributed by atoms with van der Waals surface area (Å²) in [5, 5.41) is 14.6. The quantitative estimate of drug-likeness (QED) is 0.403. The van der Waals surface area contributed by atoms with E-state index in [0.29, 0.717) is 44.2 Å². The number of thiophene rings is 1. The van der Waals surface area contributed by atoms with Gasteiger partial charge in [0.2, 0.25) is 0 Å². The van der Waals surface area contributed by atoms with Crippen molar-refractivity contribution in [2.45, 2.75) is 12.6 Å². The molecule has 3 heterocycles. The Bertz CT molecular complexity index is 1160. The fourth-order valence-corrected chi connectivity index (χ4v) is 4.85. The molecule has 0 spiro atoms. The number of hydrogen-bond acceptors (Lipinski definition) is 6. The zero-order valence-corrected chi connectivity index (χ0v) is 19.4. The average molecular weight is 489 g/mol. The standard InChI is InChI=1S/C23H22F2N6S.ClH/c24-18-9-7-17(8-10-18)22(23-26-27-28-31(23)16-19-4-3-15-32-19)30-13-11-29(12-14-30)21-6-2-1-5-20(21)25;/h1-10,15,22H,11-14,16H2;1H. The molecule has 0 saturated carbocycles. The molecular formula is C23H23ClF2N6S. The van der Waals surface area contributed by atoms with Gasteiger partial charge in [0.15, 0.2) is 5.82 Å². The summed E-state index contributed by atoms with van der Waals surface area (Å²) in [5.74, 6) is 0.218. The molecule has 0 radical (unpaired) electrons. The number of tetrazole rings is 1. The minimum absolute atomic E-state index is 0. The second-order valence-electron chi connectivity index (χ2n) is 7.70. The third-order valence-electron chi connectivity index (χ3n) is 5.75. The highest BCUT2D eigenvalue weighted by Gasteiger charge is 2.31. The van der Waals surface area contributed by atoms with Crippen LogP contribution in [0.25, 0.3) is 0 Å². The van der Waals surface area contributed by atoms with Gasteiger partial charge in [0, 0.05) is 31.1 Å². The molecule has 1 saturated heterocycles. The summed E-state index contributed by atoms with van der Waals surface area (Å²) in [7, 11) is 0. The molecule has 1 unspecified atom stereocenters. The van der Waals surface area contributed by atoms with E-state index < -0.39 is 0 Å². The Balaban J connectivity index is 0.00000259. The van der Waals surface area contributed by atoms with Crippen LogP contribution in [0.2, 0.25) is 0 Å². The second kappa shape index (κ2) is 10.4. The average Bonchev–Trinajstić information content (AvgIpc) is 3.49. The van der Waals surface area contributed by atoms with E-state index in [0.717, 1.165) is 10.4 Å². The van der Waals surface area contributed by atoms with Gasteiger partial charge in [-0.1, -0.05) is 30.3 Å². The summed E-state index contributed by atoms with van der Waals surface area (Å²) >= 11 is 1.65. The molecule has 0 bridgehead atoms. The number of aromatic nitrogens is 4. The van der Waals surface area contributed by atoms with Gasteiger partial charge in [-0.25, -0.2) is 13.5 Å². The number of nitrogens with zero attached hydrogens (tertiary/aromatic N) is 6. The number of rotatable bonds is 6. The zero-order valence-electron chi connectivity index (χ0n) is 17.7. The van der Waals surface area contributed by atoms with Gasteiger partial charge in [-0.2, -0.15) is 0 Å². The van der Waals surface area contributed by atoms with E-state index in [9.17, 15) is 8.78 Å². The van der Waals surface area contributed by atoms with E-state index >= 15 is 0 Å². The lowest BCUT2D eigenvalue weighted by Gasteiger charge is -2.40. The first-order valence-corrected chi connectivity index (χ1v) is 11.3. The van der Waals surface area contributed by atoms with Crippen molar-refractivity contribution in [2.75, 3.05) is 31.1 Å². The molecule has 5 rings (SSSR count). The molecule has 0 amide bonds. The number of benzene rings is 2. The van der Waals surface area contributed by atoms with Crippen LogP contribution in [0.5, 0.6) is 0 Å². The number of hydrogen-bond donors (Lipinski definition) is 0. The maximum atomic E-state index is 14.3. The molecule has 172 valence electrons. The largest absolute Gasteiger partial charge is 0.367 e. The van der Waals surface area contributed by atoms with Crippen LogP contribution in [-0.4, -0.2) is 51.3 Å². The van der Waals surface area contributed by atoms with Gasteiger partial charge in [-0.05, 0) is 51.7 Å². The van der Waals surface area contributed by atoms with Crippen molar-refractivity contribution in [1.82, 2.24) is 25.1 Å². The monoisotopic (exact) mass is 488 g/mol. The van der Waals surface area contributed by atoms with Crippen molar-refractivity contribution in [1.29, 1.82) is 0 Å². The molecule has 4 aromatic rings. The van der Waals surface area contributed by atoms with Crippen LogP contribution in [-0.2, 0) is 6.54 Å². The van der Waals surface area contributed by atoms with Crippen LogP contribution < -0.4 is 4.90 Å². The van der Waals surface area contributed by atoms with Gasteiger partial charge < -0.3 is 4.90 Å². The van der Waals surface area contributed by atoms with Gasteiger partial charge in [-0.3, -0.25) is 4.90 Å². The lowest BCUT2D eigenvalue weighted by Crippen LogP contribution is -2.48. The first-order valence-electron chi connectivity index (χ1n) is 10.5. The maximum absolute atomic E-state index is 14.3. The van der Waals surface area contributed by atoms with Gasteiger partial charge in [0.1, 0.15) is 11.6 Å². The van der Waals surface area contributed by atoms with Crippen LogP contribution in [0, 0.1) is 11.6 Å². The van der Waals surface area contributed by atoms with Crippen LogP contribution in [0.4, 0.5) is 14.5 Å². The van der Waals surface area contributed by atoms with Gasteiger partial charge >= 0.3 is 0 Å². The molecule has 6 nitrogen and oxygen atoms in total. The van der Waals surface area contributed by atoms with Gasteiger partial charge in [-0.15, -0.1) is 28.8 Å². The minimum atomic E-state index is -0.282. The summed E-state index contributed by atoms with van der Waals surface area (Å²) in [5.41, 5.74) is 1.54. The molecule has 1 fully saturated rings. The van der Waals surface area contributed by atoms with Crippen molar-refractivity contribution >= 4 is 29.4 Å². The van der Waals surface area contributed by atoms with Crippen molar-refractivity contribution in [3.05, 3.63) is 93.9 Å². The van der Waals surface area contributed by atoms with E-state index in [2.05, 4.69) is 31.4 Å². The van der Waals surface area contributed by atoms with Crippen LogP contribution in [0.1, 0.15) is 22.3 Å². The fraction of sp³-hybridized carbons (Fsp3) is 0.261. The number of para-hydroxylation sites is 1. The van der Waals surface area contributed by atoms with Crippen molar-refractivity contribution < 1.29 is 8.78 Å². The molecule has 2 aromatic heterocycles. The Kier molecular flexibility index (Phi) is 7.32. The highest BCUT2D eigenvalue weighted by atomic mass is 35.5. The van der Waals surface area contributed by atoms with Crippen LogP contribution in [0.15, 0.2) is 66.0 Å². The number of halogens is 3. The SMILES string of the molecule is Cl.Fc1ccc(C(c2nnnn2Cc2cccs2)N2CCN(c3ccccc3F)CC2)cc1. The van der Waals surface area contributed by atoms with E-state index in [-0.39, 0.29) is 30.1 Å². The Labute approximate surface area is 200 Å². The number of anilines is 1. The van der Waals surface area contributed by atoms with E-state index in [1.807, 2.05) is 28.3 Å². The molecule has 2 aromatic carbocycles. The summed E-state index contributed by atoms with van der Waals surface area (Å²) in [4.78, 5) is 5.49. The summed E-state index contributed by atoms with van der Waals surface area (Å²) in [6, 6.07) is 17.2. The summed E-state index contributed by atoms with van der Waals surface area (Å²) in [6.45, 7) is 3.31. The molecule has 33 heavy (non-hydrogen) atoms. The highest BCUT2D eigenvalue weighted by molar-refractivity contribution is 7.09. The van der Waals surface area contributed by atoms with E-state index in [1.165, 1.54) is 18.2 Å². The smallest absolute Gasteiger partial charge is 0.173 e. The Morgan fingerprint density at radius 2 is 1.67 bits per heavy atom. The third kappa shape index (κ3) is 5.05. The predicted molar refractivity (Wildman–Crippen MR) is 127 cm³/mol. The molecule has 0 aliphatic carbocycles. The van der Waals surface area contributed by atoms with Gasteiger partial charge in [0.05, 0.1) is 18.3 Å². The minimum Gasteiger partial charge on any atom is -0.367 e.